The van der Waals surface area contributed by atoms with E-state index in [-0.39, 0.29) is 22.8 Å². The number of aliphatic hydroxyl groups is 2. The second-order valence-corrected chi connectivity index (χ2v) is 10.6. The molecule has 0 saturated heterocycles. The van der Waals surface area contributed by atoms with Crippen molar-refractivity contribution < 1.29 is 39.5 Å². The van der Waals surface area contributed by atoms with Gasteiger partial charge in [0.15, 0.2) is 10.9 Å². The van der Waals surface area contributed by atoms with Gasteiger partial charge in [0.25, 0.3) is 0 Å². The molecule has 10 heteroatoms. The number of phenolic OH excluding ortho intramolecular Hbond substituents is 2. The second-order valence-electron chi connectivity index (χ2n) is 8.19. The molecule has 4 atom stereocenters. The molecule has 0 amide bonds. The van der Waals surface area contributed by atoms with Crippen molar-refractivity contribution in [3.8, 4) is 11.5 Å². The normalized spacial score (nSPS) is 18.2. The molecule has 0 aromatic heterocycles. The monoisotopic (exact) mass is 552 g/mol. The molecular formula is C28H24O8S2. The quantitative estimate of drug-likeness (QED) is 0.116. The van der Waals surface area contributed by atoms with Gasteiger partial charge in [-0.2, -0.15) is 0 Å². The van der Waals surface area contributed by atoms with Gasteiger partial charge in [-0.1, -0.05) is 66.7 Å². The number of aliphatic hydroxyl groups excluding tert-OH is 2. The highest BCUT2D eigenvalue weighted by atomic mass is 33.1. The van der Waals surface area contributed by atoms with E-state index in [0.717, 1.165) is 27.7 Å². The summed E-state index contributed by atoms with van der Waals surface area (Å²) in [6.45, 7) is 0. The number of ether oxygens (including phenoxy) is 2. The van der Waals surface area contributed by atoms with Crippen LogP contribution in [0.5, 0.6) is 11.5 Å². The molecule has 1 aliphatic carbocycles. The molecule has 4 rings (SSSR count). The first-order valence-electron chi connectivity index (χ1n) is 11.4. The van der Waals surface area contributed by atoms with Crippen LogP contribution in [-0.4, -0.2) is 38.5 Å². The van der Waals surface area contributed by atoms with Crippen LogP contribution in [0.3, 0.4) is 0 Å². The molecule has 0 heterocycles. The van der Waals surface area contributed by atoms with E-state index < -0.39 is 34.8 Å². The van der Waals surface area contributed by atoms with Gasteiger partial charge in [0, 0.05) is 11.1 Å². The van der Waals surface area contributed by atoms with Gasteiger partial charge in [0.2, 0.25) is 0 Å². The van der Waals surface area contributed by atoms with Gasteiger partial charge in [0.1, 0.15) is 28.7 Å². The molecule has 38 heavy (non-hydrogen) atoms. The first-order chi connectivity index (χ1) is 18.3. The maximum absolute atomic E-state index is 13.0. The van der Waals surface area contributed by atoms with E-state index in [0.29, 0.717) is 11.1 Å². The molecule has 4 N–H and O–H groups in total. The number of phenols is 2. The summed E-state index contributed by atoms with van der Waals surface area (Å²) in [4.78, 5) is 25.9. The maximum Gasteiger partial charge on any atom is 0.343 e. The summed E-state index contributed by atoms with van der Waals surface area (Å²) in [5.74, 6) is -3.39. The lowest BCUT2D eigenvalue weighted by Gasteiger charge is -2.24. The van der Waals surface area contributed by atoms with Crippen LogP contribution >= 0.6 is 21.6 Å². The molecule has 0 saturated carbocycles. The van der Waals surface area contributed by atoms with Crippen molar-refractivity contribution in [2.75, 3.05) is 0 Å². The second kappa shape index (κ2) is 12.6. The average Bonchev–Trinajstić information content (AvgIpc) is 2.93. The Morgan fingerprint density at radius 1 is 0.789 bits per heavy atom. The average molecular weight is 553 g/mol. The topological polar surface area (TPSA) is 134 Å². The highest BCUT2D eigenvalue weighted by Crippen LogP contribution is 2.48. The molecule has 196 valence electrons. The lowest BCUT2D eigenvalue weighted by molar-refractivity contribution is -0.151. The molecule has 0 bridgehead atoms. The highest BCUT2D eigenvalue weighted by Gasteiger charge is 2.31. The van der Waals surface area contributed by atoms with Crippen molar-refractivity contribution in [2.24, 2.45) is 5.92 Å². The zero-order chi connectivity index (χ0) is 27.1. The van der Waals surface area contributed by atoms with E-state index in [4.69, 9.17) is 9.47 Å². The molecule has 0 spiro atoms. The van der Waals surface area contributed by atoms with Crippen LogP contribution in [0.4, 0.5) is 0 Å². The van der Waals surface area contributed by atoms with Crippen LogP contribution in [0, 0.1) is 5.92 Å². The third-order valence-corrected chi connectivity index (χ3v) is 8.05. The lowest BCUT2D eigenvalue weighted by Crippen LogP contribution is -2.29. The van der Waals surface area contributed by atoms with Crippen LogP contribution in [0.2, 0.25) is 0 Å². The van der Waals surface area contributed by atoms with E-state index >= 15 is 0 Å². The van der Waals surface area contributed by atoms with Crippen molar-refractivity contribution >= 4 is 33.5 Å². The summed E-state index contributed by atoms with van der Waals surface area (Å²) in [6, 6.07) is 21.3. The van der Waals surface area contributed by atoms with Gasteiger partial charge in [-0.25, -0.2) is 4.79 Å². The summed E-state index contributed by atoms with van der Waals surface area (Å²) < 4.78 is 11.4. The minimum atomic E-state index is -1.15. The first-order valence-corrected chi connectivity index (χ1v) is 13.7. The number of carbonyl (C=O) groups is 2. The van der Waals surface area contributed by atoms with Crippen molar-refractivity contribution in [1.29, 1.82) is 0 Å². The minimum Gasteiger partial charge on any atom is -0.508 e. The van der Waals surface area contributed by atoms with Gasteiger partial charge in [-0.3, -0.25) is 4.79 Å². The number of aromatic hydroxyl groups is 2. The number of benzene rings is 3. The fourth-order valence-corrected chi connectivity index (χ4v) is 6.01. The van der Waals surface area contributed by atoms with Gasteiger partial charge in [0.05, 0.1) is 6.10 Å². The Morgan fingerprint density at radius 2 is 1.37 bits per heavy atom. The lowest BCUT2D eigenvalue weighted by atomic mass is 9.97. The molecule has 8 nitrogen and oxygen atoms in total. The molecule has 3 aromatic rings. The number of carbonyl (C=O) groups excluding carboxylic acids is 2. The SMILES string of the molecule is O=C(OC(SSC(OC(=O)C1C=C(O)C=CC1O)c1ccccc1)c1ccccc1)c1cc(O)ccc1O. The molecule has 0 fully saturated rings. The van der Waals surface area contributed by atoms with Gasteiger partial charge in [-0.15, -0.1) is 0 Å². The molecule has 4 unspecified atom stereocenters. The van der Waals surface area contributed by atoms with Crippen molar-refractivity contribution in [1.82, 2.24) is 0 Å². The summed E-state index contributed by atoms with van der Waals surface area (Å²) in [5.41, 5.74) is -0.657. The zero-order valence-electron chi connectivity index (χ0n) is 19.8. The summed E-state index contributed by atoms with van der Waals surface area (Å²) in [6.07, 6.45) is 2.68. The molecule has 3 aromatic carbocycles. The number of rotatable bonds is 9. The largest absolute Gasteiger partial charge is 0.508 e. The van der Waals surface area contributed by atoms with Crippen LogP contribution in [0.15, 0.2) is 103 Å². The Kier molecular flexibility index (Phi) is 9.01. The van der Waals surface area contributed by atoms with E-state index in [1.165, 1.54) is 30.4 Å². The fourth-order valence-electron chi connectivity index (χ4n) is 3.50. The summed E-state index contributed by atoms with van der Waals surface area (Å²) in [5, 5.41) is 39.8. The summed E-state index contributed by atoms with van der Waals surface area (Å²) in [7, 11) is 2.23. The predicted molar refractivity (Wildman–Crippen MR) is 144 cm³/mol. The molecule has 0 radical (unpaired) electrons. The number of hydrogen-bond donors (Lipinski definition) is 4. The molecule has 1 aliphatic rings. The maximum atomic E-state index is 13.0. The molecule has 0 aliphatic heterocycles. The van der Waals surface area contributed by atoms with Crippen LogP contribution in [0.25, 0.3) is 0 Å². The number of allylic oxidation sites excluding steroid dienone is 1. The van der Waals surface area contributed by atoms with Crippen molar-refractivity contribution in [3.05, 3.63) is 120 Å². The van der Waals surface area contributed by atoms with Crippen molar-refractivity contribution in [3.63, 3.8) is 0 Å². The van der Waals surface area contributed by atoms with E-state index in [9.17, 15) is 30.0 Å². The smallest absolute Gasteiger partial charge is 0.343 e. The number of esters is 2. The third kappa shape index (κ3) is 6.91. The van der Waals surface area contributed by atoms with Gasteiger partial charge in [-0.05, 0) is 51.9 Å². The van der Waals surface area contributed by atoms with Gasteiger partial charge < -0.3 is 29.9 Å². The zero-order valence-corrected chi connectivity index (χ0v) is 21.4. The fraction of sp³-hybridized carbons (Fsp3) is 0.143. The Hall–Kier alpha value is -3.86. The Balaban J connectivity index is 1.55. The molecular weight excluding hydrogens is 528 g/mol. The standard InChI is InChI=1S/C28H24O8S2/c29-19-11-13-23(31)21(15-19)25(33)35-27(17-7-3-1-4-8-17)37-38-28(18-9-5-2-6-10-18)36-26(34)22-16-20(30)12-14-24(22)32/h1-16,21,23,27-32H. The summed E-state index contributed by atoms with van der Waals surface area (Å²) >= 11 is 0. The van der Waals surface area contributed by atoms with E-state index in [2.05, 4.69) is 0 Å². The Labute approximate surface area is 226 Å². The highest BCUT2D eigenvalue weighted by molar-refractivity contribution is 8.76. The van der Waals surface area contributed by atoms with E-state index in [1.807, 2.05) is 12.1 Å². The van der Waals surface area contributed by atoms with Gasteiger partial charge >= 0.3 is 11.9 Å². The third-order valence-electron chi connectivity index (χ3n) is 5.47. The van der Waals surface area contributed by atoms with Crippen LogP contribution in [-0.2, 0) is 14.3 Å². The Morgan fingerprint density at radius 3 is 1.97 bits per heavy atom. The first kappa shape index (κ1) is 27.2. The number of hydrogen-bond acceptors (Lipinski definition) is 10. The minimum absolute atomic E-state index is 0.151. The van der Waals surface area contributed by atoms with E-state index in [1.54, 1.807) is 48.5 Å². The Bertz CT molecular complexity index is 1330. The van der Waals surface area contributed by atoms with Crippen molar-refractivity contribution in [2.45, 2.75) is 17.0 Å². The van der Waals surface area contributed by atoms with Crippen LogP contribution in [0.1, 0.15) is 32.4 Å². The predicted octanol–water partition coefficient (Wildman–Crippen LogP) is 5.57. The van der Waals surface area contributed by atoms with Crippen LogP contribution < -0.4 is 0 Å².